The van der Waals surface area contributed by atoms with E-state index in [1.54, 1.807) is 13.4 Å². The molecule has 1 atom stereocenters. The summed E-state index contributed by atoms with van der Waals surface area (Å²) in [5.74, 6) is 0. The van der Waals surface area contributed by atoms with Gasteiger partial charge in [0.15, 0.2) is 0 Å². The first kappa shape index (κ1) is 19.7. The second kappa shape index (κ2) is 12.4. The number of nitrogens with zero attached hydrogens (tertiary/aromatic N) is 3. The molecule has 20 heavy (non-hydrogen) atoms. The van der Waals surface area contributed by atoms with E-state index in [1.165, 1.54) is 0 Å². The molecule has 1 unspecified atom stereocenters. The number of hydrogen-bond acceptors (Lipinski definition) is 4. The quantitative estimate of drug-likeness (QED) is 0.393. The van der Waals surface area contributed by atoms with E-state index in [-0.39, 0.29) is 0 Å². The van der Waals surface area contributed by atoms with Crippen LogP contribution in [0.4, 0.5) is 0 Å². The summed E-state index contributed by atoms with van der Waals surface area (Å²) in [5.41, 5.74) is 2.55. The van der Waals surface area contributed by atoms with Crippen LogP contribution in [0.15, 0.2) is 24.0 Å². The van der Waals surface area contributed by atoms with Gasteiger partial charge in [-0.3, -0.25) is 9.56 Å². The third-order valence-corrected chi connectivity index (χ3v) is 3.40. The van der Waals surface area contributed by atoms with Gasteiger partial charge < -0.3 is 9.26 Å². The molecule has 0 spiro atoms. The van der Waals surface area contributed by atoms with E-state index in [9.17, 15) is 0 Å². The number of aromatic nitrogens is 2. The van der Waals surface area contributed by atoms with Crippen LogP contribution in [0.1, 0.15) is 26.5 Å². The van der Waals surface area contributed by atoms with Crippen LogP contribution >= 0.6 is 28.5 Å². The molecule has 0 aliphatic heterocycles. The standard InChI is InChI=1S/C11H17IN3O2P.C2H6/c1-9(2)15-8-14-10(6-11(15)13-3)7-16-4-5-17-18-12;1-2/h6,8,18H,1,4-5,7H2,2-3H3;1-2H3. The van der Waals surface area contributed by atoms with E-state index in [1.807, 2.05) is 31.4 Å². The van der Waals surface area contributed by atoms with Crippen LogP contribution in [0.5, 0.6) is 0 Å². The van der Waals surface area contributed by atoms with Gasteiger partial charge in [0.05, 0.1) is 32.0 Å². The number of allylic oxidation sites excluding steroid dienone is 1. The van der Waals surface area contributed by atoms with Gasteiger partial charge >= 0.3 is 0 Å². The molecule has 0 aliphatic carbocycles. The Labute approximate surface area is 135 Å². The van der Waals surface area contributed by atoms with Crippen molar-refractivity contribution in [2.75, 3.05) is 20.3 Å². The van der Waals surface area contributed by atoms with Crippen molar-refractivity contribution in [2.45, 2.75) is 27.4 Å². The first-order valence-electron chi connectivity index (χ1n) is 6.40. The fourth-order valence-corrected chi connectivity index (χ4v) is 2.13. The highest BCUT2D eigenvalue weighted by Crippen LogP contribution is 2.20. The van der Waals surface area contributed by atoms with Crippen LogP contribution in [0.3, 0.4) is 0 Å². The SMILES string of the molecule is C=C(C)n1cnc(COCCOPI)cc1=NC.CC. The monoisotopic (exact) mass is 411 g/mol. The third kappa shape index (κ3) is 7.47. The van der Waals surface area contributed by atoms with E-state index in [0.717, 1.165) is 16.9 Å². The van der Waals surface area contributed by atoms with Gasteiger partial charge in [0.1, 0.15) is 11.8 Å². The van der Waals surface area contributed by atoms with Gasteiger partial charge in [-0.05, 0) is 29.0 Å². The van der Waals surface area contributed by atoms with Crippen LogP contribution in [0.2, 0.25) is 0 Å². The lowest BCUT2D eigenvalue weighted by Crippen LogP contribution is -2.20. The highest BCUT2D eigenvalue weighted by Gasteiger charge is 1.99. The van der Waals surface area contributed by atoms with Crippen LogP contribution in [-0.4, -0.2) is 29.8 Å². The molecule has 1 heterocycles. The van der Waals surface area contributed by atoms with Crippen molar-refractivity contribution in [1.29, 1.82) is 0 Å². The van der Waals surface area contributed by atoms with Crippen molar-refractivity contribution in [2.24, 2.45) is 4.99 Å². The van der Waals surface area contributed by atoms with E-state index in [2.05, 4.69) is 38.6 Å². The molecule has 0 bridgehead atoms. The van der Waals surface area contributed by atoms with Gasteiger partial charge in [-0.15, -0.1) is 0 Å². The first-order valence-corrected chi connectivity index (χ1v) is 10.4. The maximum absolute atomic E-state index is 5.46. The fourth-order valence-electron chi connectivity index (χ4n) is 1.31. The van der Waals surface area contributed by atoms with Crippen molar-refractivity contribution in [3.05, 3.63) is 30.2 Å². The van der Waals surface area contributed by atoms with Crippen molar-refractivity contribution >= 4 is 34.2 Å². The summed E-state index contributed by atoms with van der Waals surface area (Å²) in [4.78, 5) is 8.50. The predicted octanol–water partition coefficient (Wildman–Crippen LogP) is 3.41. The molecule has 1 aromatic rings. The number of halogens is 1. The lowest BCUT2D eigenvalue weighted by Gasteiger charge is -2.08. The number of ether oxygens (including phenoxy) is 1. The molecular weight excluding hydrogens is 388 g/mol. The van der Waals surface area contributed by atoms with E-state index in [4.69, 9.17) is 9.26 Å². The zero-order chi connectivity index (χ0) is 15.4. The minimum atomic E-state index is 0.466. The van der Waals surface area contributed by atoms with Gasteiger partial charge in [-0.2, -0.15) is 0 Å². The van der Waals surface area contributed by atoms with E-state index in [0.29, 0.717) is 26.3 Å². The summed E-state index contributed by atoms with van der Waals surface area (Å²) < 4.78 is 12.5. The Bertz CT molecular complexity index is 463. The molecule has 114 valence electrons. The average Bonchev–Trinajstić information content (AvgIpc) is 2.48. The Morgan fingerprint density at radius 2 is 2.20 bits per heavy atom. The largest absolute Gasteiger partial charge is 0.373 e. The normalized spacial score (nSPS) is 11.6. The van der Waals surface area contributed by atoms with Crippen LogP contribution in [0, 0.1) is 0 Å². The zero-order valence-corrected chi connectivity index (χ0v) is 15.7. The lowest BCUT2D eigenvalue weighted by atomic mass is 10.4. The predicted molar refractivity (Wildman–Crippen MR) is 94.0 cm³/mol. The first-order chi connectivity index (χ1) is 9.69. The minimum absolute atomic E-state index is 0.466. The minimum Gasteiger partial charge on any atom is -0.373 e. The average molecular weight is 411 g/mol. The summed E-state index contributed by atoms with van der Waals surface area (Å²) in [6.07, 6.45) is 1.71. The molecule has 0 N–H and O–H groups in total. The maximum Gasteiger partial charge on any atom is 0.134 e. The molecule has 0 aromatic carbocycles. The molecule has 5 nitrogen and oxygen atoms in total. The second-order valence-corrected chi connectivity index (χ2v) is 5.31. The van der Waals surface area contributed by atoms with Crippen molar-refractivity contribution in [3.63, 3.8) is 0 Å². The van der Waals surface area contributed by atoms with E-state index >= 15 is 0 Å². The second-order valence-electron chi connectivity index (χ2n) is 3.55. The molecule has 0 aliphatic rings. The van der Waals surface area contributed by atoms with Crippen molar-refractivity contribution in [1.82, 2.24) is 9.55 Å². The summed E-state index contributed by atoms with van der Waals surface area (Å²) in [7, 11) is 1.74. The summed E-state index contributed by atoms with van der Waals surface area (Å²) in [6.45, 7) is 11.9. The molecule has 7 heteroatoms. The summed E-state index contributed by atoms with van der Waals surface area (Å²) in [5, 5.41) is 0. The van der Waals surface area contributed by atoms with Gasteiger partial charge in [0.2, 0.25) is 0 Å². The Morgan fingerprint density at radius 1 is 1.50 bits per heavy atom. The molecular formula is C13H23IN3O2P. The Morgan fingerprint density at radius 3 is 2.75 bits per heavy atom. The highest BCUT2D eigenvalue weighted by molar-refractivity contribution is 14.2. The number of rotatable bonds is 7. The fraction of sp³-hybridized carbons (Fsp3) is 0.538. The molecule has 0 saturated heterocycles. The van der Waals surface area contributed by atoms with Crippen LogP contribution in [0.25, 0.3) is 5.70 Å². The molecule has 0 radical (unpaired) electrons. The molecule has 1 aromatic heterocycles. The molecule has 0 saturated carbocycles. The summed E-state index contributed by atoms with van der Waals surface area (Å²) >= 11 is 2.18. The van der Waals surface area contributed by atoms with Gasteiger partial charge in [0.25, 0.3) is 0 Å². The Kier molecular flexibility index (Phi) is 12.3. The zero-order valence-electron chi connectivity index (χ0n) is 12.5. The smallest absolute Gasteiger partial charge is 0.134 e. The molecule has 0 amide bonds. The Balaban J connectivity index is 0.00000172. The van der Waals surface area contributed by atoms with Gasteiger partial charge in [0, 0.05) is 18.8 Å². The van der Waals surface area contributed by atoms with Gasteiger partial charge in [-0.1, -0.05) is 20.4 Å². The van der Waals surface area contributed by atoms with Crippen molar-refractivity contribution < 1.29 is 9.26 Å². The summed E-state index contributed by atoms with van der Waals surface area (Å²) in [6, 6.07) is 1.90. The van der Waals surface area contributed by atoms with Crippen molar-refractivity contribution in [3.8, 4) is 0 Å². The van der Waals surface area contributed by atoms with Gasteiger partial charge in [-0.25, -0.2) is 4.98 Å². The third-order valence-electron chi connectivity index (χ3n) is 2.16. The lowest BCUT2D eigenvalue weighted by molar-refractivity contribution is 0.0923. The van der Waals surface area contributed by atoms with Crippen LogP contribution in [-0.2, 0) is 15.9 Å². The van der Waals surface area contributed by atoms with Crippen LogP contribution < -0.4 is 5.49 Å². The topological polar surface area (TPSA) is 48.6 Å². The number of hydrogen-bond donors (Lipinski definition) is 0. The maximum atomic E-state index is 5.46. The Hall–Kier alpha value is -0.300. The molecule has 1 rings (SSSR count). The molecule has 0 fully saturated rings. The highest BCUT2D eigenvalue weighted by atomic mass is 127. The van der Waals surface area contributed by atoms with E-state index < -0.39 is 0 Å².